The maximum Gasteiger partial charge on any atom is 0.309 e. The molecule has 2 unspecified atom stereocenters. The summed E-state index contributed by atoms with van der Waals surface area (Å²) in [7, 11) is 0. The van der Waals surface area contributed by atoms with Gasteiger partial charge < -0.3 is 53.8 Å². The Labute approximate surface area is 361 Å². The van der Waals surface area contributed by atoms with E-state index in [2.05, 4.69) is 45.7 Å². The van der Waals surface area contributed by atoms with Crippen molar-refractivity contribution in [2.45, 2.75) is 202 Å². The van der Waals surface area contributed by atoms with E-state index in [1.807, 2.05) is 25.2 Å². The number of fused-ring (bicyclic) bond motifs is 5. The molecule has 61 heavy (non-hydrogen) atoms. The average Bonchev–Trinajstić information content (AvgIpc) is 3.88. The highest BCUT2D eigenvalue weighted by atomic mass is 16.8. The summed E-state index contributed by atoms with van der Waals surface area (Å²) < 4.78 is 47.5. The standard InChI is InChI=1S/C48H71NO12/c1-26-17-35-34-23-45(30(5)16-27(2)25-49-45)24-39(34)59-47(21-26,58-35)22-29(4)42-28(3)18-33(44(53)54)43(56-42)41(52)38-20-37-36(55-38)19-31(6)48(60-37)15-14-46(61-48)13-9-11-32(57-46)10-7-8-12-40(50)51/h7,9-11,26-28,30-39,41-43,49,52H,4,8,12-25H2,1-3,5-6H3,(H,50,51)(H,53,54)/b10-7+/t26-,27+,28-,30-,31+,32+,33+,34-,35+,36+,37+,38?,39+,41+,42-,43?,45+,46-,47+,48+/m0/s1. The Kier molecular flexibility index (Phi) is 12.0. The highest BCUT2D eigenvalue weighted by Crippen LogP contribution is 2.57. The molecule has 4 N–H and O–H groups in total. The monoisotopic (exact) mass is 853 g/mol. The van der Waals surface area contributed by atoms with Crippen molar-refractivity contribution in [2.24, 2.45) is 41.4 Å². The molecule has 1 saturated carbocycles. The zero-order valence-electron chi connectivity index (χ0n) is 36.9. The summed E-state index contributed by atoms with van der Waals surface area (Å²) >= 11 is 0. The molecule has 9 aliphatic rings. The average molecular weight is 854 g/mol. The van der Waals surface area contributed by atoms with Crippen LogP contribution in [0.1, 0.15) is 125 Å². The van der Waals surface area contributed by atoms with E-state index in [1.54, 1.807) is 0 Å². The topological polar surface area (TPSA) is 171 Å². The lowest BCUT2D eigenvalue weighted by atomic mass is 9.74. The number of aliphatic hydroxyl groups is 1. The van der Waals surface area contributed by atoms with E-state index in [4.69, 9.17) is 38.3 Å². The second-order valence-corrected chi connectivity index (χ2v) is 21.3. The summed E-state index contributed by atoms with van der Waals surface area (Å²) in [5.41, 5.74) is 0.890. The number of ether oxygens (including phenoxy) is 7. The van der Waals surface area contributed by atoms with Crippen LogP contribution in [0.25, 0.3) is 0 Å². The van der Waals surface area contributed by atoms with Crippen molar-refractivity contribution >= 4 is 11.9 Å². The molecule has 0 aromatic carbocycles. The Hall–Kier alpha value is -2.20. The molecule has 1 aliphatic carbocycles. The van der Waals surface area contributed by atoms with Crippen LogP contribution in [0.3, 0.4) is 0 Å². The fraction of sp³-hybridized carbons (Fsp3) is 0.833. The van der Waals surface area contributed by atoms with Crippen LogP contribution in [-0.2, 0) is 42.7 Å². The summed E-state index contributed by atoms with van der Waals surface area (Å²) in [6, 6.07) is 0. The van der Waals surface area contributed by atoms with Crippen molar-refractivity contribution in [1.29, 1.82) is 0 Å². The number of hydrogen-bond acceptors (Lipinski definition) is 11. The summed E-state index contributed by atoms with van der Waals surface area (Å²) in [6.45, 7) is 16.8. The van der Waals surface area contributed by atoms with E-state index in [1.165, 1.54) is 6.42 Å². The first-order valence-corrected chi connectivity index (χ1v) is 23.6. The van der Waals surface area contributed by atoms with Crippen LogP contribution in [-0.4, -0.2) is 112 Å². The fourth-order valence-electron chi connectivity index (χ4n) is 13.5. The predicted molar refractivity (Wildman–Crippen MR) is 223 cm³/mol. The maximum atomic E-state index is 12.8. The van der Waals surface area contributed by atoms with Gasteiger partial charge in [0.1, 0.15) is 12.2 Å². The summed E-state index contributed by atoms with van der Waals surface area (Å²) in [6.07, 6.45) is 12.8. The van der Waals surface area contributed by atoms with Crippen molar-refractivity contribution in [3.63, 3.8) is 0 Å². The third-order valence-electron chi connectivity index (χ3n) is 16.5. The van der Waals surface area contributed by atoms with Crippen LogP contribution in [0.2, 0.25) is 0 Å². The minimum absolute atomic E-state index is 0.0314. The number of carboxylic acids is 2. The lowest BCUT2D eigenvalue weighted by Gasteiger charge is -2.53. The first-order valence-electron chi connectivity index (χ1n) is 23.6. The Morgan fingerprint density at radius 3 is 2.44 bits per heavy atom. The molecule has 0 radical (unpaired) electrons. The van der Waals surface area contributed by atoms with Crippen LogP contribution in [0.5, 0.6) is 0 Å². The molecule has 0 aromatic rings. The highest BCUT2D eigenvalue weighted by Gasteiger charge is 2.63. The number of piperidine rings is 1. The predicted octanol–water partition coefficient (Wildman–Crippen LogP) is 6.66. The van der Waals surface area contributed by atoms with Crippen molar-refractivity contribution in [1.82, 2.24) is 5.32 Å². The molecule has 8 heterocycles. The van der Waals surface area contributed by atoms with Gasteiger partial charge in [0.05, 0.1) is 48.6 Å². The van der Waals surface area contributed by atoms with Crippen LogP contribution in [0.4, 0.5) is 0 Å². The SMILES string of the molecule is C=C(C[C@]12C[C@@H](C)C[C@@H](O1)[C@@H]1C[C@]3(C[C@H]1O2)NC[C@H](C)C[C@@H]3C)[C@H]1OC([C@H](O)C2C[C@H]3O[C@@]4(CC[C@]5(CC=C[C@@H](/C=C/CCC(=O)O)O5)O4)[C@H](C)C[C@H]3O2)[C@H](C(=O)O)C[C@@H]1C. The van der Waals surface area contributed by atoms with Crippen molar-refractivity contribution < 1.29 is 58.1 Å². The van der Waals surface area contributed by atoms with Gasteiger partial charge in [-0.05, 0) is 80.7 Å². The normalized spacial score (nSPS) is 50.9. The van der Waals surface area contributed by atoms with Gasteiger partial charge in [0, 0.05) is 62.3 Å². The van der Waals surface area contributed by atoms with Crippen molar-refractivity contribution in [2.75, 3.05) is 6.54 Å². The molecule has 9 rings (SSSR count). The molecule has 13 heteroatoms. The minimum atomic E-state index is -1.21. The Balaban J connectivity index is 0.852. The number of carboxylic acid groups (broad SMARTS) is 2. The number of rotatable bonds is 10. The van der Waals surface area contributed by atoms with Crippen LogP contribution in [0, 0.1) is 41.4 Å². The number of aliphatic carboxylic acids is 2. The van der Waals surface area contributed by atoms with Crippen molar-refractivity contribution in [3.05, 3.63) is 36.5 Å². The van der Waals surface area contributed by atoms with Gasteiger partial charge in [-0.1, -0.05) is 65.5 Å². The quantitative estimate of drug-likeness (QED) is 0.172. The molecule has 13 nitrogen and oxygen atoms in total. The van der Waals surface area contributed by atoms with Crippen LogP contribution < -0.4 is 5.32 Å². The Morgan fingerprint density at radius 1 is 0.869 bits per heavy atom. The van der Waals surface area contributed by atoms with Gasteiger partial charge in [0.25, 0.3) is 0 Å². The highest BCUT2D eigenvalue weighted by molar-refractivity contribution is 5.71. The van der Waals surface area contributed by atoms with Gasteiger partial charge >= 0.3 is 11.9 Å². The molecule has 3 spiro atoms. The van der Waals surface area contributed by atoms with E-state index in [0.29, 0.717) is 75.0 Å². The van der Waals surface area contributed by atoms with E-state index in [-0.39, 0.29) is 54.3 Å². The molecule has 0 amide bonds. The molecule has 340 valence electrons. The summed E-state index contributed by atoms with van der Waals surface area (Å²) in [4.78, 5) is 23.8. The Morgan fingerprint density at radius 2 is 1.67 bits per heavy atom. The molecule has 2 bridgehead atoms. The van der Waals surface area contributed by atoms with Crippen LogP contribution >= 0.6 is 0 Å². The number of hydrogen-bond donors (Lipinski definition) is 4. The Bertz CT molecular complexity index is 1740. The van der Waals surface area contributed by atoms with Gasteiger partial charge in [0.15, 0.2) is 17.4 Å². The third-order valence-corrected chi connectivity index (χ3v) is 16.5. The summed E-state index contributed by atoms with van der Waals surface area (Å²) in [5.74, 6) is -3.49. The largest absolute Gasteiger partial charge is 0.481 e. The first kappa shape index (κ1) is 44.0. The number of carbonyl (C=O) groups is 2. The molecule has 7 saturated heterocycles. The number of aliphatic hydroxyl groups excluding tert-OH is 1. The second kappa shape index (κ2) is 16.7. The zero-order valence-corrected chi connectivity index (χ0v) is 36.9. The van der Waals surface area contributed by atoms with E-state index in [0.717, 1.165) is 37.8 Å². The molecule has 8 aliphatic heterocycles. The molecule has 8 fully saturated rings. The van der Waals surface area contributed by atoms with Crippen molar-refractivity contribution in [3.8, 4) is 0 Å². The van der Waals surface area contributed by atoms with Crippen LogP contribution in [0.15, 0.2) is 36.5 Å². The molecule has 0 aromatic heterocycles. The molecule has 20 atom stereocenters. The second-order valence-electron chi connectivity index (χ2n) is 21.3. The van der Waals surface area contributed by atoms with Gasteiger partial charge in [-0.25, -0.2) is 0 Å². The first-order chi connectivity index (χ1) is 29.0. The fourth-order valence-corrected chi connectivity index (χ4v) is 13.5. The van der Waals surface area contributed by atoms with Gasteiger partial charge in [-0.2, -0.15) is 0 Å². The number of allylic oxidation sites excluding steroid dienone is 1. The van der Waals surface area contributed by atoms with E-state index in [9.17, 15) is 19.8 Å². The smallest absolute Gasteiger partial charge is 0.309 e. The van der Waals surface area contributed by atoms with E-state index < -0.39 is 59.6 Å². The lowest BCUT2D eigenvalue weighted by molar-refractivity contribution is -0.365. The van der Waals surface area contributed by atoms with Gasteiger partial charge in [0.2, 0.25) is 0 Å². The lowest BCUT2D eigenvalue weighted by Crippen LogP contribution is -2.57. The van der Waals surface area contributed by atoms with Gasteiger partial charge in [-0.15, -0.1) is 0 Å². The maximum absolute atomic E-state index is 12.8. The minimum Gasteiger partial charge on any atom is -0.481 e. The summed E-state index contributed by atoms with van der Waals surface area (Å²) in [5, 5.41) is 35.6. The zero-order chi connectivity index (χ0) is 43.1. The molecular weight excluding hydrogens is 783 g/mol. The third kappa shape index (κ3) is 8.35. The number of nitrogens with one attached hydrogen (secondary N) is 1. The molecular formula is C48H71NO12. The van der Waals surface area contributed by atoms with E-state index >= 15 is 0 Å². The van der Waals surface area contributed by atoms with Gasteiger partial charge in [-0.3, -0.25) is 9.59 Å².